The van der Waals surface area contributed by atoms with Crippen LogP contribution in [0.5, 0.6) is 0 Å². The summed E-state index contributed by atoms with van der Waals surface area (Å²) < 4.78 is 0. The molecular formula is C18H31N3. The van der Waals surface area contributed by atoms with Crippen LogP contribution < -0.4 is 10.2 Å². The molecule has 0 radical (unpaired) electrons. The van der Waals surface area contributed by atoms with Gasteiger partial charge in [-0.05, 0) is 49.9 Å². The van der Waals surface area contributed by atoms with Gasteiger partial charge in [0.25, 0.3) is 0 Å². The molecule has 1 aliphatic rings. The van der Waals surface area contributed by atoms with E-state index in [0.717, 1.165) is 24.8 Å². The molecule has 3 nitrogen and oxygen atoms in total. The van der Waals surface area contributed by atoms with Crippen molar-refractivity contribution in [1.82, 2.24) is 10.3 Å². The summed E-state index contributed by atoms with van der Waals surface area (Å²) in [5.74, 6) is 1.97. The maximum Gasteiger partial charge on any atom is 0.129 e. The Morgan fingerprint density at radius 2 is 2.00 bits per heavy atom. The van der Waals surface area contributed by atoms with Gasteiger partial charge in [-0.15, -0.1) is 0 Å². The molecule has 1 aromatic heterocycles. The van der Waals surface area contributed by atoms with E-state index in [-0.39, 0.29) is 5.41 Å². The summed E-state index contributed by atoms with van der Waals surface area (Å²) in [6.07, 6.45) is 2.74. The van der Waals surface area contributed by atoms with Crippen LogP contribution in [0.25, 0.3) is 0 Å². The molecular weight excluding hydrogens is 258 g/mol. The van der Waals surface area contributed by atoms with E-state index in [4.69, 9.17) is 4.98 Å². The number of nitrogens with one attached hydrogen (secondary N) is 1. The van der Waals surface area contributed by atoms with Crippen molar-refractivity contribution < 1.29 is 0 Å². The van der Waals surface area contributed by atoms with Gasteiger partial charge in [-0.1, -0.05) is 27.7 Å². The molecule has 0 saturated heterocycles. The normalized spacial score (nSPS) is 16.9. The van der Waals surface area contributed by atoms with E-state index in [0.29, 0.717) is 6.04 Å². The molecule has 21 heavy (non-hydrogen) atoms. The molecule has 1 fully saturated rings. The third-order valence-electron chi connectivity index (χ3n) is 4.50. The Labute approximate surface area is 130 Å². The smallest absolute Gasteiger partial charge is 0.129 e. The van der Waals surface area contributed by atoms with E-state index >= 15 is 0 Å². The van der Waals surface area contributed by atoms with Crippen molar-refractivity contribution in [2.24, 2.45) is 5.92 Å². The monoisotopic (exact) mass is 289 g/mol. The Morgan fingerprint density at radius 1 is 1.33 bits per heavy atom. The molecule has 1 atom stereocenters. The lowest BCUT2D eigenvalue weighted by molar-refractivity contribution is 0.558. The van der Waals surface area contributed by atoms with Gasteiger partial charge in [0.2, 0.25) is 0 Å². The fourth-order valence-corrected chi connectivity index (χ4v) is 2.61. The fourth-order valence-electron chi connectivity index (χ4n) is 2.61. The number of hydrogen-bond donors (Lipinski definition) is 1. The summed E-state index contributed by atoms with van der Waals surface area (Å²) in [4.78, 5) is 7.31. The van der Waals surface area contributed by atoms with Crippen LogP contribution >= 0.6 is 0 Å². The van der Waals surface area contributed by atoms with E-state index in [1.54, 1.807) is 0 Å². The fraction of sp³-hybridized carbons (Fsp3) is 0.722. The van der Waals surface area contributed by atoms with Gasteiger partial charge in [0, 0.05) is 30.7 Å². The lowest BCUT2D eigenvalue weighted by atomic mass is 9.90. The first-order valence-electron chi connectivity index (χ1n) is 8.28. The summed E-state index contributed by atoms with van der Waals surface area (Å²) >= 11 is 0. The third-order valence-corrected chi connectivity index (χ3v) is 4.50. The van der Waals surface area contributed by atoms with Gasteiger partial charge < -0.3 is 10.2 Å². The first kappa shape index (κ1) is 16.3. The minimum atomic E-state index is 0.0840. The predicted molar refractivity (Wildman–Crippen MR) is 90.9 cm³/mol. The van der Waals surface area contributed by atoms with Crippen molar-refractivity contribution in [3.05, 3.63) is 23.4 Å². The molecule has 118 valence electrons. The molecule has 1 aromatic rings. The van der Waals surface area contributed by atoms with Gasteiger partial charge in [-0.2, -0.15) is 0 Å². The molecule has 3 heteroatoms. The predicted octanol–water partition coefficient (Wildman–Crippen LogP) is 3.72. The van der Waals surface area contributed by atoms with E-state index in [1.165, 1.54) is 24.1 Å². The lowest BCUT2D eigenvalue weighted by Gasteiger charge is -2.29. The summed E-state index contributed by atoms with van der Waals surface area (Å²) in [6, 6.07) is 5.08. The summed E-state index contributed by atoms with van der Waals surface area (Å²) in [6.45, 7) is 13.1. The zero-order valence-electron chi connectivity index (χ0n) is 14.5. The van der Waals surface area contributed by atoms with Crippen LogP contribution in [0.2, 0.25) is 0 Å². The zero-order chi connectivity index (χ0) is 15.6. The van der Waals surface area contributed by atoms with Crippen molar-refractivity contribution in [2.75, 3.05) is 18.5 Å². The van der Waals surface area contributed by atoms with E-state index in [1.807, 2.05) is 0 Å². The van der Waals surface area contributed by atoms with Gasteiger partial charge in [0.05, 0.1) is 0 Å². The number of anilines is 1. The molecule has 1 heterocycles. The number of aromatic nitrogens is 1. The Bertz CT molecular complexity index is 472. The summed E-state index contributed by atoms with van der Waals surface area (Å²) in [5, 5.41) is 3.43. The second-order valence-electron chi connectivity index (χ2n) is 7.44. The average Bonchev–Trinajstić information content (AvgIpc) is 3.26. The average molecular weight is 289 g/mol. The highest BCUT2D eigenvalue weighted by molar-refractivity contribution is 5.44. The van der Waals surface area contributed by atoms with Gasteiger partial charge >= 0.3 is 0 Å². The lowest BCUT2D eigenvalue weighted by Crippen LogP contribution is -2.32. The van der Waals surface area contributed by atoms with Gasteiger partial charge in [-0.25, -0.2) is 4.98 Å². The van der Waals surface area contributed by atoms with E-state index in [9.17, 15) is 0 Å². The molecule has 1 N–H and O–H groups in total. The van der Waals surface area contributed by atoms with Crippen molar-refractivity contribution in [2.45, 2.75) is 65.5 Å². The second kappa shape index (κ2) is 6.35. The topological polar surface area (TPSA) is 28.2 Å². The maximum absolute atomic E-state index is 4.94. The number of rotatable bonds is 6. The van der Waals surface area contributed by atoms with Gasteiger partial charge in [0.1, 0.15) is 5.82 Å². The molecule has 1 saturated carbocycles. The van der Waals surface area contributed by atoms with Crippen molar-refractivity contribution in [1.29, 1.82) is 0 Å². The van der Waals surface area contributed by atoms with Crippen LogP contribution in [-0.4, -0.2) is 24.6 Å². The van der Waals surface area contributed by atoms with Crippen LogP contribution in [0.4, 0.5) is 5.82 Å². The minimum Gasteiger partial charge on any atom is -0.357 e. The van der Waals surface area contributed by atoms with Crippen molar-refractivity contribution >= 4 is 5.82 Å². The highest BCUT2D eigenvalue weighted by Gasteiger charge is 2.31. The highest BCUT2D eigenvalue weighted by Crippen LogP contribution is 2.36. The summed E-state index contributed by atoms with van der Waals surface area (Å²) in [5.41, 5.74) is 2.60. The Morgan fingerprint density at radius 3 is 2.52 bits per heavy atom. The maximum atomic E-state index is 4.94. The largest absolute Gasteiger partial charge is 0.357 e. The van der Waals surface area contributed by atoms with Gasteiger partial charge in [0.15, 0.2) is 0 Å². The Balaban J connectivity index is 2.29. The molecule has 0 amide bonds. The zero-order valence-corrected chi connectivity index (χ0v) is 14.5. The second-order valence-corrected chi connectivity index (χ2v) is 7.44. The molecule has 0 spiro atoms. The Kier molecular flexibility index (Phi) is 4.92. The SMILES string of the molecule is CCNCc1cc(N(C)C(C)C2CC2)nc(C(C)(C)C)c1. The van der Waals surface area contributed by atoms with Crippen molar-refractivity contribution in [3.63, 3.8) is 0 Å². The first-order chi connectivity index (χ1) is 9.82. The molecule has 2 rings (SSSR count). The van der Waals surface area contributed by atoms with Crippen molar-refractivity contribution in [3.8, 4) is 0 Å². The highest BCUT2D eigenvalue weighted by atomic mass is 15.2. The van der Waals surface area contributed by atoms with Gasteiger partial charge in [-0.3, -0.25) is 0 Å². The van der Waals surface area contributed by atoms with Crippen LogP contribution in [-0.2, 0) is 12.0 Å². The first-order valence-corrected chi connectivity index (χ1v) is 8.28. The van der Waals surface area contributed by atoms with Crippen LogP contribution in [0, 0.1) is 5.92 Å². The third kappa shape index (κ3) is 4.19. The molecule has 0 aliphatic heterocycles. The molecule has 0 bridgehead atoms. The Hall–Kier alpha value is -1.09. The number of nitrogens with zero attached hydrogens (tertiary/aromatic N) is 2. The van der Waals surface area contributed by atoms with Crippen LogP contribution in [0.1, 0.15) is 58.7 Å². The van der Waals surface area contributed by atoms with E-state index < -0.39 is 0 Å². The molecule has 1 unspecified atom stereocenters. The number of hydrogen-bond acceptors (Lipinski definition) is 3. The molecule has 0 aromatic carbocycles. The van der Waals surface area contributed by atoms with E-state index in [2.05, 4.69) is 64.0 Å². The molecule has 1 aliphatic carbocycles. The number of pyridine rings is 1. The quantitative estimate of drug-likeness (QED) is 0.865. The minimum absolute atomic E-state index is 0.0840. The van der Waals surface area contributed by atoms with Crippen LogP contribution in [0.3, 0.4) is 0 Å². The standard InChI is InChI=1S/C18H31N3/c1-7-19-12-14-10-16(18(3,4)5)20-17(11-14)21(6)13(2)15-8-9-15/h10-11,13,15,19H,7-9,12H2,1-6H3. The van der Waals surface area contributed by atoms with Crippen LogP contribution in [0.15, 0.2) is 12.1 Å². The summed E-state index contributed by atoms with van der Waals surface area (Å²) in [7, 11) is 2.19.